The first-order valence-corrected chi connectivity index (χ1v) is 26.4. The van der Waals surface area contributed by atoms with Gasteiger partial charge in [0, 0.05) is 55.4 Å². The molecule has 0 saturated carbocycles. The minimum absolute atomic E-state index is 0.0547. The predicted molar refractivity (Wildman–Crippen MR) is 290 cm³/mol. The van der Waals surface area contributed by atoms with Gasteiger partial charge in [0.2, 0.25) is 5.91 Å². The van der Waals surface area contributed by atoms with Crippen LogP contribution in [0.15, 0.2) is 158 Å². The van der Waals surface area contributed by atoms with Crippen LogP contribution in [0.4, 0.5) is 24.5 Å². The topological polar surface area (TPSA) is 146 Å². The Bertz CT molecular complexity index is 3170. The summed E-state index contributed by atoms with van der Waals surface area (Å²) in [5.74, 6) is -2.76. The number of carbonyl (C=O) groups is 4. The normalized spacial score (nSPS) is 18.5. The Hall–Kier alpha value is -8.01. The van der Waals surface area contributed by atoms with Crippen LogP contribution < -0.4 is 15.0 Å². The summed E-state index contributed by atoms with van der Waals surface area (Å²) in [6.45, 7) is 5.91. The maximum absolute atomic E-state index is 14.5. The van der Waals surface area contributed by atoms with Crippen LogP contribution in [0.25, 0.3) is 22.4 Å². The highest BCUT2D eigenvalue weighted by atomic mass is 19.1. The second kappa shape index (κ2) is 25.0. The summed E-state index contributed by atoms with van der Waals surface area (Å²) >= 11 is 0. The van der Waals surface area contributed by atoms with E-state index in [9.17, 15) is 37.5 Å². The number of aliphatic hydroxyl groups is 1. The number of anilines is 2. The van der Waals surface area contributed by atoms with Gasteiger partial charge in [0.15, 0.2) is 6.29 Å². The number of nitrogens with zero attached hydrogens (tertiary/aromatic N) is 2. The number of hydrogen-bond donors (Lipinski definition) is 2. The van der Waals surface area contributed by atoms with Gasteiger partial charge in [-0.05, 0) is 139 Å². The van der Waals surface area contributed by atoms with Crippen molar-refractivity contribution < 1.29 is 56.4 Å². The molecule has 6 atom stereocenters. The Morgan fingerprint density at radius 3 is 2.03 bits per heavy atom. The van der Waals surface area contributed by atoms with Gasteiger partial charge < -0.3 is 38.8 Å². The molecule has 9 rings (SSSR count). The second-order valence-corrected chi connectivity index (χ2v) is 20.1. The molecule has 15 heteroatoms. The molecule has 0 spiro atoms. The third-order valence-corrected chi connectivity index (χ3v) is 14.2. The van der Waals surface area contributed by atoms with Crippen LogP contribution in [0.3, 0.4) is 0 Å². The van der Waals surface area contributed by atoms with E-state index in [1.807, 2.05) is 86.6 Å². The fourth-order valence-electron chi connectivity index (χ4n) is 10.7. The Labute approximate surface area is 451 Å². The van der Waals surface area contributed by atoms with Crippen molar-refractivity contribution in [1.29, 1.82) is 0 Å². The summed E-state index contributed by atoms with van der Waals surface area (Å²) in [7, 11) is 0. The fraction of sp³-hybridized carbons (Fsp3) is 0.302. The van der Waals surface area contributed by atoms with Crippen molar-refractivity contribution in [2.24, 2.45) is 5.92 Å². The smallest absolute Gasteiger partial charge is 0.306 e. The Kier molecular flexibility index (Phi) is 17.5. The first kappa shape index (κ1) is 54.8. The van der Waals surface area contributed by atoms with E-state index in [-0.39, 0.29) is 37.2 Å². The second-order valence-electron chi connectivity index (χ2n) is 20.1. The van der Waals surface area contributed by atoms with Crippen LogP contribution in [0.5, 0.6) is 5.75 Å². The van der Waals surface area contributed by atoms with Crippen LogP contribution in [0.1, 0.15) is 111 Å². The highest BCUT2D eigenvalue weighted by Crippen LogP contribution is 2.47. The summed E-state index contributed by atoms with van der Waals surface area (Å²) in [4.78, 5) is 55.3. The average Bonchev–Trinajstić information content (AvgIpc) is 3.98. The highest BCUT2D eigenvalue weighted by molar-refractivity contribution is 6.12. The van der Waals surface area contributed by atoms with Gasteiger partial charge in [-0.1, -0.05) is 86.6 Å². The maximum atomic E-state index is 14.5. The quantitative estimate of drug-likeness (QED) is 0.0408. The predicted octanol–water partition coefficient (Wildman–Crippen LogP) is 13.1. The number of carbonyl (C=O) groups excluding carboxylic acids is 4. The average molecular weight is 1060 g/mol. The number of amides is 2. The van der Waals surface area contributed by atoms with Crippen molar-refractivity contribution in [3.05, 3.63) is 198 Å². The van der Waals surface area contributed by atoms with Gasteiger partial charge in [0.1, 0.15) is 35.4 Å². The number of halogens is 3. The van der Waals surface area contributed by atoms with Gasteiger partial charge in [-0.25, -0.2) is 13.2 Å². The molecule has 0 bridgehead atoms. The highest BCUT2D eigenvalue weighted by Gasteiger charge is 2.48. The van der Waals surface area contributed by atoms with Gasteiger partial charge in [0.25, 0.3) is 5.91 Å². The number of aromatic nitrogens is 1. The van der Waals surface area contributed by atoms with E-state index in [2.05, 4.69) is 9.88 Å². The SMILES string of the molecule is CC(=O)O[C@@H](CC[C@H]1C(=O)N(c2ccc(F)cc2)[C@@H]1c1ccc(OCCCC(=O)OC2CC(O)OC(CCn3c(-c4ccc(F)cc4)c(-c4ccccc4)c(C(=O)Nc4ccccc4)c3C(C)C)C2)cc1)c1ccc(F)cc1. The maximum Gasteiger partial charge on any atom is 0.306 e. The largest absolute Gasteiger partial charge is 0.494 e. The molecule has 3 heterocycles. The molecule has 2 aliphatic heterocycles. The van der Waals surface area contributed by atoms with Crippen molar-refractivity contribution in [2.45, 2.75) is 109 Å². The number of esters is 2. The molecular formula is C63H62F3N3O9. The fourth-order valence-corrected chi connectivity index (χ4v) is 10.7. The standard InChI is InChI=1S/C63H62F3N3O9/c1-39(2)59-58(62(73)67-48-13-8-5-9-14-48)57(42-11-6-4-7-12-42)61(44-18-24-46(65)25-19-44)68(59)35-34-51-37-52(38-56(72)77-51)78-55(71)15-10-36-75-50-30-20-43(21-31-50)60-53(63(74)69(60)49-28-26-47(66)27-29-49)32-33-54(76-40(3)70)41-16-22-45(64)23-17-41/h4-9,11-14,16-31,39,51-54,56,60,72H,10,15,32-38H2,1-3H3,(H,67,73)/t51?,52?,53-,54+,56?,60-/m1/s1. The van der Waals surface area contributed by atoms with Gasteiger partial charge in [0.05, 0.1) is 35.9 Å². The van der Waals surface area contributed by atoms with Crippen LogP contribution in [-0.4, -0.2) is 58.5 Å². The minimum Gasteiger partial charge on any atom is -0.494 e. The van der Waals surface area contributed by atoms with E-state index in [1.165, 1.54) is 43.3 Å². The molecule has 7 aromatic rings. The van der Waals surface area contributed by atoms with Gasteiger partial charge in [-0.2, -0.15) is 0 Å². The number of ether oxygens (including phenoxy) is 4. The van der Waals surface area contributed by atoms with Gasteiger partial charge in [-0.15, -0.1) is 0 Å². The summed E-state index contributed by atoms with van der Waals surface area (Å²) < 4.78 is 67.9. The van der Waals surface area contributed by atoms with Crippen LogP contribution in [-0.2, 0) is 35.1 Å². The van der Waals surface area contributed by atoms with Crippen molar-refractivity contribution in [3.8, 4) is 28.1 Å². The molecule has 78 heavy (non-hydrogen) atoms. The molecule has 2 aliphatic rings. The van der Waals surface area contributed by atoms with E-state index in [0.717, 1.165) is 22.5 Å². The Morgan fingerprint density at radius 1 is 0.756 bits per heavy atom. The molecule has 2 N–H and O–H groups in total. The van der Waals surface area contributed by atoms with E-state index in [4.69, 9.17) is 18.9 Å². The minimum atomic E-state index is -1.18. The van der Waals surface area contributed by atoms with Crippen LogP contribution >= 0.6 is 0 Å². The number of para-hydroxylation sites is 1. The molecule has 1 aromatic heterocycles. The number of aliphatic hydroxyl groups excluding tert-OH is 1. The number of hydrogen-bond acceptors (Lipinski definition) is 9. The first-order valence-electron chi connectivity index (χ1n) is 26.4. The lowest BCUT2D eigenvalue weighted by molar-refractivity contribution is -0.202. The molecule has 0 radical (unpaired) electrons. The summed E-state index contributed by atoms with van der Waals surface area (Å²) in [6, 6.07) is 43.3. The monoisotopic (exact) mass is 1060 g/mol. The Morgan fingerprint density at radius 2 is 1.38 bits per heavy atom. The molecule has 2 amide bonds. The summed E-state index contributed by atoms with van der Waals surface area (Å²) in [5, 5.41) is 14.0. The van der Waals surface area contributed by atoms with E-state index >= 15 is 0 Å². The van der Waals surface area contributed by atoms with Crippen LogP contribution in [0.2, 0.25) is 0 Å². The molecule has 2 saturated heterocycles. The van der Waals surface area contributed by atoms with Gasteiger partial charge in [-0.3, -0.25) is 19.2 Å². The molecule has 12 nitrogen and oxygen atoms in total. The zero-order chi connectivity index (χ0) is 54.9. The molecule has 0 aliphatic carbocycles. The van der Waals surface area contributed by atoms with E-state index < -0.39 is 66.0 Å². The molecule has 3 unspecified atom stereocenters. The number of benzene rings is 6. The third-order valence-electron chi connectivity index (χ3n) is 14.2. The number of rotatable bonds is 21. The third kappa shape index (κ3) is 13.0. The van der Waals surface area contributed by atoms with Crippen LogP contribution in [0, 0.1) is 23.4 Å². The van der Waals surface area contributed by atoms with Crippen molar-refractivity contribution in [3.63, 3.8) is 0 Å². The first-order chi connectivity index (χ1) is 37.7. The number of β-lactam (4-membered cyclic amide) rings is 1. The van der Waals surface area contributed by atoms with Crippen molar-refractivity contribution >= 4 is 35.1 Å². The van der Waals surface area contributed by atoms with Crippen molar-refractivity contribution in [2.75, 3.05) is 16.8 Å². The summed E-state index contributed by atoms with van der Waals surface area (Å²) in [5.41, 5.74) is 6.83. The molecule has 404 valence electrons. The lowest BCUT2D eigenvalue weighted by atomic mass is 9.78. The summed E-state index contributed by atoms with van der Waals surface area (Å²) in [6.07, 6.45) is -1.14. The zero-order valence-corrected chi connectivity index (χ0v) is 43.7. The number of nitrogens with one attached hydrogen (secondary N) is 1. The lowest BCUT2D eigenvalue weighted by Crippen LogP contribution is -2.55. The van der Waals surface area contributed by atoms with Crippen molar-refractivity contribution in [1.82, 2.24) is 4.57 Å². The molecule has 6 aromatic carbocycles. The van der Waals surface area contributed by atoms with Gasteiger partial charge >= 0.3 is 11.9 Å². The Balaban J connectivity index is 0.833. The van der Waals surface area contributed by atoms with E-state index in [0.29, 0.717) is 78.0 Å². The van der Waals surface area contributed by atoms with E-state index in [1.54, 1.807) is 53.4 Å². The molecule has 2 fully saturated rings. The zero-order valence-electron chi connectivity index (χ0n) is 43.7. The molecular weight excluding hydrogens is 1000 g/mol. The lowest BCUT2D eigenvalue weighted by Gasteiger charge is -2.48.